The van der Waals surface area contributed by atoms with Crippen molar-refractivity contribution in [3.8, 4) is 6.07 Å². The second kappa shape index (κ2) is 4.46. The number of likely N-dealkylation sites (tertiary alicyclic amines) is 1. The second-order valence-corrected chi connectivity index (χ2v) is 4.33. The maximum atomic E-state index is 10.9. The highest BCUT2D eigenvalue weighted by atomic mass is 16.1. The Morgan fingerprint density at radius 1 is 1.44 bits per heavy atom. The fourth-order valence-electron chi connectivity index (χ4n) is 2.11. The van der Waals surface area contributed by atoms with Crippen molar-refractivity contribution in [3.63, 3.8) is 0 Å². The number of aldehydes is 1. The third-order valence-electron chi connectivity index (χ3n) is 3.08. The zero-order chi connectivity index (χ0) is 11.4. The van der Waals surface area contributed by atoms with Crippen molar-refractivity contribution in [2.45, 2.75) is 13.0 Å². The predicted octanol–water partition coefficient (Wildman–Crippen LogP) is 1.60. The smallest absolute Gasteiger partial charge is 0.141 e. The third-order valence-corrected chi connectivity index (χ3v) is 3.08. The lowest BCUT2D eigenvalue weighted by Crippen LogP contribution is -2.26. The highest BCUT2D eigenvalue weighted by Gasteiger charge is 2.38. The van der Waals surface area contributed by atoms with E-state index in [1.54, 1.807) is 0 Å². The van der Waals surface area contributed by atoms with Crippen LogP contribution >= 0.6 is 0 Å². The molecule has 82 valence electrons. The van der Waals surface area contributed by atoms with E-state index in [2.05, 4.69) is 23.1 Å². The Kier molecular flexibility index (Phi) is 3.02. The lowest BCUT2D eigenvalue weighted by atomic mass is 9.91. The molecule has 0 bridgehead atoms. The van der Waals surface area contributed by atoms with E-state index in [0.717, 1.165) is 19.4 Å². The number of hydrogen-bond acceptors (Lipinski definition) is 3. The number of carbonyl (C=O) groups is 1. The summed E-state index contributed by atoms with van der Waals surface area (Å²) in [5.41, 5.74) is 0.455. The molecule has 1 aliphatic rings. The summed E-state index contributed by atoms with van der Waals surface area (Å²) < 4.78 is 0. The van der Waals surface area contributed by atoms with Crippen molar-refractivity contribution in [3.05, 3.63) is 35.9 Å². The highest BCUT2D eigenvalue weighted by Crippen LogP contribution is 2.28. The number of rotatable bonds is 3. The van der Waals surface area contributed by atoms with Gasteiger partial charge >= 0.3 is 0 Å². The highest BCUT2D eigenvalue weighted by molar-refractivity contribution is 5.65. The van der Waals surface area contributed by atoms with E-state index in [1.165, 1.54) is 5.56 Å². The molecule has 0 aromatic heterocycles. The van der Waals surface area contributed by atoms with Gasteiger partial charge in [-0.05, 0) is 12.0 Å². The minimum absolute atomic E-state index is 0.557. The number of benzene rings is 1. The molecule has 0 spiro atoms. The van der Waals surface area contributed by atoms with Crippen molar-refractivity contribution < 1.29 is 4.79 Å². The lowest BCUT2D eigenvalue weighted by Gasteiger charge is -2.16. The Morgan fingerprint density at radius 3 is 2.75 bits per heavy atom. The molecule has 0 amide bonds. The molecule has 1 fully saturated rings. The van der Waals surface area contributed by atoms with Crippen LogP contribution in [0.2, 0.25) is 0 Å². The summed E-state index contributed by atoms with van der Waals surface area (Å²) in [4.78, 5) is 13.1. The van der Waals surface area contributed by atoms with E-state index in [4.69, 9.17) is 5.26 Å². The first-order valence-corrected chi connectivity index (χ1v) is 5.42. The largest absolute Gasteiger partial charge is 0.302 e. The first kappa shape index (κ1) is 10.8. The maximum absolute atomic E-state index is 10.9. The molecule has 3 nitrogen and oxygen atoms in total. The van der Waals surface area contributed by atoms with Crippen molar-refractivity contribution >= 4 is 6.29 Å². The van der Waals surface area contributed by atoms with Gasteiger partial charge in [0.05, 0.1) is 6.07 Å². The molecule has 1 aromatic carbocycles. The van der Waals surface area contributed by atoms with Crippen LogP contribution in [0.1, 0.15) is 12.0 Å². The van der Waals surface area contributed by atoms with E-state index in [1.807, 2.05) is 18.2 Å². The van der Waals surface area contributed by atoms with Gasteiger partial charge in [0.1, 0.15) is 11.7 Å². The maximum Gasteiger partial charge on any atom is 0.141 e. The fourth-order valence-corrected chi connectivity index (χ4v) is 2.11. The summed E-state index contributed by atoms with van der Waals surface area (Å²) in [5, 5.41) is 8.99. The Labute approximate surface area is 95.3 Å². The predicted molar refractivity (Wildman–Crippen MR) is 60.4 cm³/mol. The molecule has 1 heterocycles. The summed E-state index contributed by atoms with van der Waals surface area (Å²) >= 11 is 0. The summed E-state index contributed by atoms with van der Waals surface area (Å²) in [6.45, 7) is 2.20. The Hall–Kier alpha value is -1.66. The van der Waals surface area contributed by atoms with Crippen LogP contribution in [-0.4, -0.2) is 24.3 Å². The quantitative estimate of drug-likeness (QED) is 0.718. The van der Waals surface area contributed by atoms with E-state index in [-0.39, 0.29) is 0 Å². The van der Waals surface area contributed by atoms with Crippen molar-refractivity contribution in [1.29, 1.82) is 5.26 Å². The molecule has 0 aliphatic carbocycles. The average Bonchev–Trinajstić information content (AvgIpc) is 2.75. The zero-order valence-corrected chi connectivity index (χ0v) is 9.10. The zero-order valence-electron chi connectivity index (χ0n) is 9.10. The lowest BCUT2D eigenvalue weighted by molar-refractivity contribution is -0.113. The van der Waals surface area contributed by atoms with Crippen molar-refractivity contribution in [1.82, 2.24) is 4.90 Å². The molecule has 1 aliphatic heterocycles. The van der Waals surface area contributed by atoms with Crippen LogP contribution in [0.15, 0.2) is 30.3 Å². The molecule has 1 unspecified atom stereocenters. The van der Waals surface area contributed by atoms with Crippen LogP contribution in [0.3, 0.4) is 0 Å². The van der Waals surface area contributed by atoms with Crippen LogP contribution in [0, 0.1) is 16.7 Å². The monoisotopic (exact) mass is 214 g/mol. The summed E-state index contributed by atoms with van der Waals surface area (Å²) in [5.74, 6) is 0. The first-order chi connectivity index (χ1) is 7.78. The molecular weight excluding hydrogens is 200 g/mol. The van der Waals surface area contributed by atoms with Crippen LogP contribution in [-0.2, 0) is 11.3 Å². The van der Waals surface area contributed by atoms with Crippen LogP contribution in [0.25, 0.3) is 0 Å². The fraction of sp³-hybridized carbons (Fsp3) is 0.385. The Morgan fingerprint density at radius 2 is 2.19 bits per heavy atom. The van der Waals surface area contributed by atoms with Gasteiger partial charge in [-0.2, -0.15) is 5.26 Å². The van der Waals surface area contributed by atoms with Gasteiger partial charge in [0.2, 0.25) is 0 Å². The number of hydrogen-bond donors (Lipinski definition) is 0. The van der Waals surface area contributed by atoms with E-state index < -0.39 is 5.41 Å². The number of nitriles is 1. The molecule has 0 radical (unpaired) electrons. The van der Waals surface area contributed by atoms with Gasteiger partial charge in [-0.3, -0.25) is 4.90 Å². The third kappa shape index (κ3) is 2.12. The number of nitrogens with zero attached hydrogens (tertiary/aromatic N) is 2. The van der Waals surface area contributed by atoms with Gasteiger partial charge in [0.25, 0.3) is 0 Å². The van der Waals surface area contributed by atoms with Gasteiger partial charge in [0, 0.05) is 19.6 Å². The topological polar surface area (TPSA) is 44.1 Å². The Balaban J connectivity index is 2.01. The van der Waals surface area contributed by atoms with Gasteiger partial charge in [-0.15, -0.1) is 0 Å². The summed E-state index contributed by atoms with van der Waals surface area (Å²) in [6, 6.07) is 12.2. The summed E-state index contributed by atoms with van der Waals surface area (Å²) in [7, 11) is 0. The molecule has 2 rings (SSSR count). The average molecular weight is 214 g/mol. The number of carbonyl (C=O) groups excluding carboxylic acids is 1. The molecule has 1 saturated heterocycles. The van der Waals surface area contributed by atoms with Gasteiger partial charge < -0.3 is 4.79 Å². The molecule has 1 atom stereocenters. The van der Waals surface area contributed by atoms with Crippen LogP contribution in [0.4, 0.5) is 0 Å². The Bertz CT molecular complexity index is 410. The van der Waals surface area contributed by atoms with E-state index >= 15 is 0 Å². The van der Waals surface area contributed by atoms with Gasteiger partial charge in [0.15, 0.2) is 0 Å². The molecular formula is C13H14N2O. The molecule has 0 saturated carbocycles. The first-order valence-electron chi connectivity index (χ1n) is 5.42. The van der Waals surface area contributed by atoms with Crippen LogP contribution < -0.4 is 0 Å². The van der Waals surface area contributed by atoms with E-state index in [9.17, 15) is 4.79 Å². The normalized spacial score (nSPS) is 25.2. The van der Waals surface area contributed by atoms with Crippen molar-refractivity contribution in [2.75, 3.05) is 13.1 Å². The van der Waals surface area contributed by atoms with Crippen LogP contribution in [0.5, 0.6) is 0 Å². The SMILES string of the molecule is N#CC1(C=O)CCN(Cc2ccccc2)C1. The van der Waals surface area contributed by atoms with Crippen molar-refractivity contribution in [2.24, 2.45) is 5.41 Å². The molecule has 1 aromatic rings. The standard InChI is InChI=1S/C13H14N2O/c14-9-13(11-16)6-7-15(10-13)8-12-4-2-1-3-5-12/h1-5,11H,6-8,10H2. The molecule has 16 heavy (non-hydrogen) atoms. The van der Waals surface area contributed by atoms with E-state index in [0.29, 0.717) is 13.0 Å². The van der Waals surface area contributed by atoms with Gasteiger partial charge in [-0.25, -0.2) is 0 Å². The van der Waals surface area contributed by atoms with Gasteiger partial charge in [-0.1, -0.05) is 30.3 Å². The molecule has 0 N–H and O–H groups in total. The summed E-state index contributed by atoms with van der Waals surface area (Å²) in [6.07, 6.45) is 1.46. The second-order valence-electron chi connectivity index (χ2n) is 4.33. The minimum atomic E-state index is -0.769. The minimum Gasteiger partial charge on any atom is -0.302 e. The molecule has 3 heteroatoms.